The Balaban J connectivity index is 1.71. The maximum absolute atomic E-state index is 13.0. The Morgan fingerprint density at radius 1 is 1.18 bits per heavy atom. The van der Waals surface area contributed by atoms with Crippen molar-refractivity contribution in [2.45, 2.75) is 26.7 Å². The van der Waals surface area contributed by atoms with Gasteiger partial charge in [0.05, 0.1) is 28.8 Å². The molecule has 2 aromatic rings. The van der Waals surface area contributed by atoms with Crippen LogP contribution in [-0.4, -0.2) is 31.9 Å². The zero-order chi connectivity index (χ0) is 19.7. The molecule has 2 N–H and O–H groups in total. The normalized spacial score (nSPS) is 21.3. The number of rotatable bonds is 4. The molecule has 2 aliphatic heterocycles. The molecule has 0 bridgehead atoms. The minimum atomic E-state index is -0.0942. The number of carbonyl (C=O) groups is 1. The molecule has 0 spiro atoms. The second-order valence-corrected chi connectivity index (χ2v) is 7.02. The molecule has 0 aromatic carbocycles. The average molecular weight is 373 g/mol. The molecule has 6 heteroatoms. The summed E-state index contributed by atoms with van der Waals surface area (Å²) in [5.41, 5.74) is 11.8. The van der Waals surface area contributed by atoms with E-state index in [1.54, 1.807) is 11.0 Å². The molecule has 0 fully saturated rings. The maximum atomic E-state index is 13.0. The fourth-order valence-electron chi connectivity index (χ4n) is 3.43. The first kappa shape index (κ1) is 18.1. The Morgan fingerprint density at radius 3 is 2.86 bits per heavy atom. The van der Waals surface area contributed by atoms with Gasteiger partial charge in [-0.2, -0.15) is 5.10 Å². The summed E-state index contributed by atoms with van der Waals surface area (Å²) in [6, 6.07) is 1.97. The predicted octanol–water partition coefficient (Wildman–Crippen LogP) is 3.20. The summed E-state index contributed by atoms with van der Waals surface area (Å²) in [5, 5.41) is 4.65. The molecule has 0 radical (unpaired) electrons. The Bertz CT molecular complexity index is 1100. The topological polar surface area (TPSA) is 76.5 Å². The van der Waals surface area contributed by atoms with E-state index >= 15 is 0 Å². The van der Waals surface area contributed by atoms with E-state index in [1.807, 2.05) is 67.2 Å². The number of fused-ring (bicyclic) bond motifs is 2. The molecule has 2 aliphatic rings. The Kier molecular flexibility index (Phi) is 4.79. The lowest BCUT2D eigenvalue weighted by atomic mass is 10.0. The van der Waals surface area contributed by atoms with E-state index in [1.165, 1.54) is 0 Å². The van der Waals surface area contributed by atoms with Gasteiger partial charge in [-0.05, 0) is 57.0 Å². The molecule has 4 rings (SSSR count). The van der Waals surface area contributed by atoms with Gasteiger partial charge >= 0.3 is 0 Å². The number of allylic oxidation sites excluding steroid dienone is 7. The Morgan fingerprint density at radius 2 is 2.04 bits per heavy atom. The van der Waals surface area contributed by atoms with Crippen LogP contribution in [-0.2, 0) is 4.79 Å². The number of amides is 1. The molecule has 142 valence electrons. The lowest BCUT2D eigenvalue weighted by Crippen LogP contribution is -2.25. The van der Waals surface area contributed by atoms with E-state index in [4.69, 9.17) is 5.73 Å². The number of aromatic nitrogens is 3. The van der Waals surface area contributed by atoms with E-state index in [0.29, 0.717) is 6.54 Å². The number of hydrogen-bond acceptors (Lipinski definition) is 4. The SMILES string of the molecule is Cc1cn2nc(C3=C\C(=O)N4C=C(CCCN)C=C\C4=C/C=C/3)cc2c(C)n1. The average Bonchev–Trinajstić information content (AvgIpc) is 3.08. The molecule has 0 unspecified atom stereocenters. The Hall–Kier alpha value is -3.25. The third-order valence-corrected chi connectivity index (χ3v) is 4.83. The molecular weight excluding hydrogens is 350 g/mol. The van der Waals surface area contributed by atoms with Crippen LogP contribution in [0.5, 0.6) is 0 Å². The largest absolute Gasteiger partial charge is 0.330 e. The smallest absolute Gasteiger partial charge is 0.255 e. The summed E-state index contributed by atoms with van der Waals surface area (Å²) in [5.74, 6) is -0.0942. The van der Waals surface area contributed by atoms with Crippen LogP contribution in [0.4, 0.5) is 0 Å². The second-order valence-electron chi connectivity index (χ2n) is 7.02. The van der Waals surface area contributed by atoms with Crippen LogP contribution in [0, 0.1) is 13.8 Å². The number of hydrogen-bond donors (Lipinski definition) is 1. The van der Waals surface area contributed by atoms with Crippen LogP contribution >= 0.6 is 0 Å². The molecule has 6 nitrogen and oxygen atoms in total. The van der Waals surface area contributed by atoms with E-state index in [0.717, 1.165) is 52.3 Å². The molecule has 0 atom stereocenters. The third kappa shape index (κ3) is 3.46. The highest BCUT2D eigenvalue weighted by molar-refractivity contribution is 5.99. The summed E-state index contributed by atoms with van der Waals surface area (Å²) in [7, 11) is 0. The van der Waals surface area contributed by atoms with Gasteiger partial charge in [0.1, 0.15) is 0 Å². The lowest BCUT2D eigenvalue weighted by molar-refractivity contribution is -0.122. The number of nitrogens with two attached hydrogens (primary N) is 1. The van der Waals surface area contributed by atoms with Crippen molar-refractivity contribution in [2.24, 2.45) is 5.73 Å². The molecule has 28 heavy (non-hydrogen) atoms. The molecule has 0 aliphatic carbocycles. The highest BCUT2D eigenvalue weighted by atomic mass is 16.2. The lowest BCUT2D eigenvalue weighted by Gasteiger charge is -2.24. The zero-order valence-electron chi connectivity index (χ0n) is 16.1. The summed E-state index contributed by atoms with van der Waals surface area (Å²) in [4.78, 5) is 19.1. The van der Waals surface area contributed by atoms with Crippen LogP contribution < -0.4 is 5.73 Å². The van der Waals surface area contributed by atoms with Gasteiger partial charge in [0.15, 0.2) is 0 Å². The zero-order valence-corrected chi connectivity index (χ0v) is 16.1. The molecular formula is C22H23N5O. The van der Waals surface area contributed by atoms with Crippen LogP contribution in [0.25, 0.3) is 11.1 Å². The van der Waals surface area contributed by atoms with Gasteiger partial charge in [-0.15, -0.1) is 0 Å². The van der Waals surface area contributed by atoms with Crippen molar-refractivity contribution in [1.82, 2.24) is 19.5 Å². The first-order valence-corrected chi connectivity index (χ1v) is 9.41. The van der Waals surface area contributed by atoms with Crippen LogP contribution in [0.3, 0.4) is 0 Å². The summed E-state index contributed by atoms with van der Waals surface area (Å²) in [6.45, 7) is 4.54. The van der Waals surface area contributed by atoms with Crippen molar-refractivity contribution >= 4 is 17.0 Å². The number of carbonyl (C=O) groups excluding carboxylic acids is 1. The van der Waals surface area contributed by atoms with E-state index < -0.39 is 0 Å². The van der Waals surface area contributed by atoms with Gasteiger partial charge in [-0.1, -0.05) is 18.2 Å². The highest BCUT2D eigenvalue weighted by Gasteiger charge is 2.19. The molecule has 1 amide bonds. The van der Waals surface area contributed by atoms with Crippen molar-refractivity contribution in [1.29, 1.82) is 0 Å². The van der Waals surface area contributed by atoms with Gasteiger partial charge in [-0.25, -0.2) is 4.52 Å². The van der Waals surface area contributed by atoms with Gasteiger partial charge in [0.2, 0.25) is 0 Å². The fourth-order valence-corrected chi connectivity index (χ4v) is 3.43. The molecule has 4 heterocycles. The standard InChI is InChI=1S/C22H23N5O/c1-15-13-27-21(16(2)24-15)12-20(25-27)18-6-3-7-19-9-8-17(5-4-10-23)14-26(19)22(28)11-18/h3,6-9,11-14H,4-5,10,23H2,1-2H3/b6-3+,18-11+,19-7+. The molecule has 2 aromatic heterocycles. The van der Waals surface area contributed by atoms with Gasteiger partial charge in [0.25, 0.3) is 5.91 Å². The van der Waals surface area contributed by atoms with Crippen molar-refractivity contribution in [2.75, 3.05) is 6.54 Å². The first-order valence-electron chi connectivity index (χ1n) is 9.41. The Labute approximate surface area is 164 Å². The highest BCUT2D eigenvalue weighted by Crippen LogP contribution is 2.25. The van der Waals surface area contributed by atoms with Crippen molar-refractivity contribution in [3.05, 3.63) is 83.3 Å². The quantitative estimate of drug-likeness (QED) is 0.893. The summed E-state index contributed by atoms with van der Waals surface area (Å²) in [6.07, 6.45) is 17.0. The maximum Gasteiger partial charge on any atom is 0.255 e. The second kappa shape index (κ2) is 7.40. The predicted molar refractivity (Wildman–Crippen MR) is 110 cm³/mol. The van der Waals surface area contributed by atoms with Gasteiger partial charge in [0, 0.05) is 23.5 Å². The minimum absolute atomic E-state index is 0.0942. The van der Waals surface area contributed by atoms with Crippen LogP contribution in [0.15, 0.2) is 66.2 Å². The third-order valence-electron chi connectivity index (χ3n) is 4.83. The van der Waals surface area contributed by atoms with Crippen molar-refractivity contribution < 1.29 is 4.79 Å². The van der Waals surface area contributed by atoms with E-state index in [9.17, 15) is 4.79 Å². The van der Waals surface area contributed by atoms with E-state index in [-0.39, 0.29) is 5.91 Å². The monoisotopic (exact) mass is 373 g/mol. The fraction of sp³-hybridized carbons (Fsp3) is 0.227. The van der Waals surface area contributed by atoms with Gasteiger partial charge in [-0.3, -0.25) is 14.7 Å². The number of nitrogens with zero attached hydrogens (tertiary/aromatic N) is 4. The van der Waals surface area contributed by atoms with Gasteiger partial charge < -0.3 is 5.73 Å². The van der Waals surface area contributed by atoms with Crippen molar-refractivity contribution in [3.8, 4) is 0 Å². The van der Waals surface area contributed by atoms with Crippen LogP contribution in [0.1, 0.15) is 29.9 Å². The molecule has 0 saturated heterocycles. The first-order chi connectivity index (χ1) is 13.5. The molecule has 0 saturated carbocycles. The minimum Gasteiger partial charge on any atom is -0.330 e. The van der Waals surface area contributed by atoms with E-state index in [2.05, 4.69) is 10.1 Å². The van der Waals surface area contributed by atoms with Crippen LogP contribution in [0.2, 0.25) is 0 Å². The van der Waals surface area contributed by atoms with Crippen molar-refractivity contribution in [3.63, 3.8) is 0 Å². The summed E-state index contributed by atoms with van der Waals surface area (Å²) >= 11 is 0. The number of aryl methyl sites for hydroxylation is 2. The summed E-state index contributed by atoms with van der Waals surface area (Å²) < 4.78 is 1.82.